The summed E-state index contributed by atoms with van der Waals surface area (Å²) in [6.45, 7) is 8.02. The monoisotopic (exact) mass is 292 g/mol. The van der Waals surface area contributed by atoms with Crippen molar-refractivity contribution in [2.24, 2.45) is 5.92 Å². The Balaban J connectivity index is 2.13. The van der Waals surface area contributed by atoms with E-state index in [1.54, 1.807) is 6.33 Å². The fourth-order valence-electron chi connectivity index (χ4n) is 2.93. The minimum Gasteiger partial charge on any atom is -0.381 e. The highest BCUT2D eigenvalue weighted by Crippen LogP contribution is 2.26. The molecule has 118 valence electrons. The predicted octanol–water partition coefficient (Wildman–Crippen LogP) is 2.72. The number of hydrogen-bond donors (Lipinski definition) is 1. The molecule has 0 amide bonds. The minimum atomic E-state index is 0.704. The molecule has 2 heterocycles. The summed E-state index contributed by atoms with van der Waals surface area (Å²) < 4.78 is 5.45. The van der Waals surface area contributed by atoms with Gasteiger partial charge in [-0.1, -0.05) is 13.3 Å². The van der Waals surface area contributed by atoms with E-state index in [9.17, 15) is 0 Å². The Kier molecular flexibility index (Phi) is 6.23. The van der Waals surface area contributed by atoms with Gasteiger partial charge in [-0.25, -0.2) is 9.97 Å². The summed E-state index contributed by atoms with van der Waals surface area (Å²) in [7, 11) is 2.15. The van der Waals surface area contributed by atoms with Crippen LogP contribution in [0.3, 0.4) is 0 Å². The van der Waals surface area contributed by atoms with Gasteiger partial charge in [-0.15, -0.1) is 0 Å². The zero-order valence-electron chi connectivity index (χ0n) is 13.6. The van der Waals surface area contributed by atoms with Gasteiger partial charge in [-0.05, 0) is 32.1 Å². The molecule has 1 saturated heterocycles. The van der Waals surface area contributed by atoms with Gasteiger partial charge in [0.25, 0.3) is 0 Å². The number of aromatic nitrogens is 2. The number of rotatable bonds is 7. The van der Waals surface area contributed by atoms with E-state index in [4.69, 9.17) is 4.74 Å². The molecule has 0 unspecified atom stereocenters. The van der Waals surface area contributed by atoms with Gasteiger partial charge < -0.3 is 15.0 Å². The van der Waals surface area contributed by atoms with Crippen LogP contribution in [0.5, 0.6) is 0 Å². The van der Waals surface area contributed by atoms with Crippen LogP contribution in [0.25, 0.3) is 0 Å². The number of nitrogens with zero attached hydrogens (tertiary/aromatic N) is 3. The first-order valence-electron chi connectivity index (χ1n) is 8.12. The number of ether oxygens (including phenoxy) is 1. The average Bonchev–Trinajstić information content (AvgIpc) is 2.50. The fourth-order valence-corrected chi connectivity index (χ4v) is 2.93. The molecule has 0 saturated carbocycles. The molecular weight excluding hydrogens is 264 g/mol. The molecule has 5 heteroatoms. The van der Waals surface area contributed by atoms with Crippen LogP contribution < -0.4 is 10.2 Å². The Morgan fingerprint density at radius 3 is 2.71 bits per heavy atom. The number of anilines is 2. The lowest BCUT2D eigenvalue weighted by atomic mass is 9.99. The molecule has 1 N–H and O–H groups in total. The lowest BCUT2D eigenvalue weighted by Gasteiger charge is -2.29. The third-order valence-corrected chi connectivity index (χ3v) is 4.00. The summed E-state index contributed by atoms with van der Waals surface area (Å²) >= 11 is 0. The van der Waals surface area contributed by atoms with Crippen molar-refractivity contribution in [3.8, 4) is 0 Å². The molecule has 1 aliphatic heterocycles. The van der Waals surface area contributed by atoms with Crippen LogP contribution in [0.15, 0.2) is 6.33 Å². The fraction of sp³-hybridized carbons (Fsp3) is 0.750. The van der Waals surface area contributed by atoms with Gasteiger partial charge in [0.2, 0.25) is 0 Å². The van der Waals surface area contributed by atoms with Crippen LogP contribution >= 0.6 is 0 Å². The van der Waals surface area contributed by atoms with E-state index in [-0.39, 0.29) is 0 Å². The van der Waals surface area contributed by atoms with E-state index in [0.29, 0.717) is 5.92 Å². The molecular formula is C16H28N4O. The molecule has 0 bridgehead atoms. The van der Waals surface area contributed by atoms with Crippen LogP contribution in [0.1, 0.15) is 38.7 Å². The average molecular weight is 292 g/mol. The van der Waals surface area contributed by atoms with Crippen LogP contribution in [-0.2, 0) is 11.2 Å². The summed E-state index contributed by atoms with van der Waals surface area (Å²) in [6, 6.07) is 0. The van der Waals surface area contributed by atoms with Crippen LogP contribution in [0.4, 0.5) is 11.6 Å². The highest BCUT2D eigenvalue weighted by molar-refractivity contribution is 5.58. The number of hydrogen-bond acceptors (Lipinski definition) is 5. The van der Waals surface area contributed by atoms with E-state index in [2.05, 4.69) is 41.1 Å². The SMILES string of the molecule is CCCc1c(NCC)ncnc1N(C)CC1CCOCC1. The van der Waals surface area contributed by atoms with Crippen molar-refractivity contribution < 1.29 is 4.74 Å². The van der Waals surface area contributed by atoms with Crippen molar-refractivity contribution in [1.82, 2.24) is 9.97 Å². The lowest BCUT2D eigenvalue weighted by Crippen LogP contribution is -2.31. The second-order valence-electron chi connectivity index (χ2n) is 5.74. The molecule has 1 aliphatic rings. The molecule has 2 rings (SSSR count). The Bertz CT molecular complexity index is 432. The van der Waals surface area contributed by atoms with Crippen LogP contribution in [-0.4, -0.2) is 43.3 Å². The van der Waals surface area contributed by atoms with E-state index in [0.717, 1.165) is 63.6 Å². The molecule has 1 aromatic rings. The molecule has 0 aliphatic carbocycles. The summed E-state index contributed by atoms with van der Waals surface area (Å²) in [5.41, 5.74) is 1.25. The van der Waals surface area contributed by atoms with Crippen molar-refractivity contribution >= 4 is 11.6 Å². The van der Waals surface area contributed by atoms with Gasteiger partial charge in [0.1, 0.15) is 18.0 Å². The topological polar surface area (TPSA) is 50.3 Å². The standard InChI is InChI=1S/C16H28N4O/c1-4-6-14-15(17-5-2)18-12-19-16(14)20(3)11-13-7-9-21-10-8-13/h12-13H,4-11H2,1-3H3,(H,17,18,19). The molecule has 1 aromatic heterocycles. The first-order chi connectivity index (χ1) is 10.3. The maximum Gasteiger partial charge on any atom is 0.137 e. The van der Waals surface area contributed by atoms with Gasteiger partial charge in [0.15, 0.2) is 0 Å². The normalized spacial score (nSPS) is 16.0. The Labute approximate surface area is 128 Å². The van der Waals surface area contributed by atoms with Crippen molar-refractivity contribution in [3.05, 3.63) is 11.9 Å². The van der Waals surface area contributed by atoms with Crippen molar-refractivity contribution in [1.29, 1.82) is 0 Å². The smallest absolute Gasteiger partial charge is 0.137 e. The molecule has 0 aromatic carbocycles. The third kappa shape index (κ3) is 4.30. The maximum atomic E-state index is 5.45. The van der Waals surface area contributed by atoms with Crippen LogP contribution in [0, 0.1) is 5.92 Å². The molecule has 0 atom stereocenters. The lowest BCUT2D eigenvalue weighted by molar-refractivity contribution is 0.0685. The van der Waals surface area contributed by atoms with Crippen LogP contribution in [0.2, 0.25) is 0 Å². The Morgan fingerprint density at radius 1 is 1.29 bits per heavy atom. The van der Waals surface area contributed by atoms with Gasteiger partial charge in [-0.2, -0.15) is 0 Å². The molecule has 0 spiro atoms. The third-order valence-electron chi connectivity index (χ3n) is 4.00. The minimum absolute atomic E-state index is 0.704. The van der Waals surface area contributed by atoms with E-state index in [1.165, 1.54) is 5.56 Å². The first kappa shape index (κ1) is 16.0. The van der Waals surface area contributed by atoms with Crippen molar-refractivity contribution in [2.75, 3.05) is 43.6 Å². The van der Waals surface area contributed by atoms with Gasteiger partial charge in [0.05, 0.1) is 0 Å². The molecule has 21 heavy (non-hydrogen) atoms. The van der Waals surface area contributed by atoms with E-state index < -0.39 is 0 Å². The summed E-state index contributed by atoms with van der Waals surface area (Å²) in [6.07, 6.45) is 6.09. The van der Waals surface area contributed by atoms with Gasteiger partial charge in [-0.3, -0.25) is 0 Å². The Hall–Kier alpha value is -1.36. The van der Waals surface area contributed by atoms with E-state index in [1.807, 2.05) is 0 Å². The zero-order chi connectivity index (χ0) is 15.1. The second-order valence-corrected chi connectivity index (χ2v) is 5.74. The predicted molar refractivity (Wildman–Crippen MR) is 87.0 cm³/mol. The van der Waals surface area contributed by atoms with Gasteiger partial charge >= 0.3 is 0 Å². The Morgan fingerprint density at radius 2 is 2.05 bits per heavy atom. The molecule has 0 radical (unpaired) electrons. The number of nitrogens with one attached hydrogen (secondary N) is 1. The summed E-state index contributed by atoms with van der Waals surface area (Å²) in [5, 5.41) is 3.36. The quantitative estimate of drug-likeness (QED) is 0.837. The summed E-state index contributed by atoms with van der Waals surface area (Å²) in [4.78, 5) is 11.3. The first-order valence-corrected chi connectivity index (χ1v) is 8.12. The van der Waals surface area contributed by atoms with Gasteiger partial charge in [0, 0.05) is 38.9 Å². The molecule has 1 fully saturated rings. The highest BCUT2D eigenvalue weighted by atomic mass is 16.5. The largest absolute Gasteiger partial charge is 0.381 e. The molecule has 5 nitrogen and oxygen atoms in total. The zero-order valence-corrected chi connectivity index (χ0v) is 13.6. The maximum absolute atomic E-state index is 5.45. The van der Waals surface area contributed by atoms with Crippen molar-refractivity contribution in [2.45, 2.75) is 39.5 Å². The van der Waals surface area contributed by atoms with E-state index >= 15 is 0 Å². The second kappa shape index (κ2) is 8.17. The highest BCUT2D eigenvalue weighted by Gasteiger charge is 2.19. The summed E-state index contributed by atoms with van der Waals surface area (Å²) in [5.74, 6) is 2.77. The van der Waals surface area contributed by atoms with Crippen molar-refractivity contribution in [3.63, 3.8) is 0 Å².